The molecule has 2 fully saturated rings. The second-order valence-electron chi connectivity index (χ2n) is 4.98. The van der Waals surface area contributed by atoms with Crippen molar-refractivity contribution in [3.63, 3.8) is 0 Å². The molecule has 5 heteroatoms. The first kappa shape index (κ1) is 10.6. The van der Waals surface area contributed by atoms with E-state index in [1.807, 2.05) is 0 Å². The highest BCUT2D eigenvalue weighted by atomic mass is 32.1. The van der Waals surface area contributed by atoms with Crippen molar-refractivity contribution in [2.24, 2.45) is 11.7 Å². The highest BCUT2D eigenvalue weighted by molar-refractivity contribution is 7.05. The Morgan fingerprint density at radius 1 is 1.56 bits per heavy atom. The van der Waals surface area contributed by atoms with Gasteiger partial charge >= 0.3 is 0 Å². The largest absolute Gasteiger partial charge is 0.375 e. The van der Waals surface area contributed by atoms with Crippen LogP contribution in [0.1, 0.15) is 43.0 Å². The van der Waals surface area contributed by atoms with Crippen LogP contribution in [0.25, 0.3) is 0 Å². The van der Waals surface area contributed by atoms with Gasteiger partial charge in [0.05, 0.1) is 16.7 Å². The predicted octanol–water partition coefficient (Wildman–Crippen LogP) is 1.89. The summed E-state index contributed by atoms with van der Waals surface area (Å²) in [6.07, 6.45) is 7.74. The fourth-order valence-corrected chi connectivity index (χ4v) is 3.44. The van der Waals surface area contributed by atoms with Gasteiger partial charge in [-0.2, -0.15) is 0 Å². The van der Waals surface area contributed by atoms with Gasteiger partial charge in [0.1, 0.15) is 0 Å². The molecule has 0 bridgehead atoms. The summed E-state index contributed by atoms with van der Waals surface area (Å²) in [5.41, 5.74) is 6.47. The molecule has 1 spiro atoms. The first-order valence-electron chi connectivity index (χ1n) is 5.96. The van der Waals surface area contributed by atoms with E-state index in [2.05, 4.69) is 9.59 Å². The van der Waals surface area contributed by atoms with Gasteiger partial charge in [0.25, 0.3) is 0 Å². The fourth-order valence-electron chi connectivity index (χ4n) is 2.85. The Kier molecular flexibility index (Phi) is 2.69. The topological polar surface area (TPSA) is 61.0 Å². The molecule has 2 atom stereocenters. The number of nitrogens with zero attached hydrogens (tertiary/aromatic N) is 2. The van der Waals surface area contributed by atoms with Crippen molar-refractivity contribution in [2.45, 2.75) is 43.7 Å². The maximum atomic E-state index is 6.29. The zero-order valence-electron chi connectivity index (χ0n) is 9.26. The molecule has 1 aliphatic heterocycles. The third kappa shape index (κ3) is 1.77. The molecule has 1 saturated carbocycles. The van der Waals surface area contributed by atoms with E-state index in [1.165, 1.54) is 30.8 Å². The van der Waals surface area contributed by atoms with Crippen LogP contribution in [0.5, 0.6) is 0 Å². The molecule has 4 nitrogen and oxygen atoms in total. The first-order chi connectivity index (χ1) is 7.79. The van der Waals surface area contributed by atoms with Gasteiger partial charge in [-0.25, -0.2) is 0 Å². The monoisotopic (exact) mass is 239 g/mol. The summed E-state index contributed by atoms with van der Waals surface area (Å²) in [6.45, 7) is 0.866. The van der Waals surface area contributed by atoms with Gasteiger partial charge in [0, 0.05) is 12.6 Å². The molecular formula is C11H17N3OS. The first-order valence-corrected chi connectivity index (χ1v) is 6.73. The third-order valence-corrected chi connectivity index (χ3v) is 4.77. The van der Waals surface area contributed by atoms with Crippen LogP contribution in [0, 0.1) is 5.92 Å². The van der Waals surface area contributed by atoms with Crippen molar-refractivity contribution in [3.8, 4) is 0 Å². The van der Waals surface area contributed by atoms with Crippen LogP contribution in [0.4, 0.5) is 0 Å². The fraction of sp³-hybridized carbons (Fsp3) is 0.818. The Morgan fingerprint density at radius 2 is 2.44 bits per heavy atom. The second kappa shape index (κ2) is 4.05. The van der Waals surface area contributed by atoms with Crippen LogP contribution in [-0.2, 0) is 4.74 Å². The minimum Gasteiger partial charge on any atom is -0.375 e. The van der Waals surface area contributed by atoms with Gasteiger partial charge in [0.15, 0.2) is 0 Å². The zero-order valence-corrected chi connectivity index (χ0v) is 10.1. The lowest BCUT2D eigenvalue weighted by Gasteiger charge is -2.48. The van der Waals surface area contributed by atoms with Gasteiger partial charge in [-0.1, -0.05) is 4.49 Å². The van der Waals surface area contributed by atoms with Crippen LogP contribution in [0.15, 0.2) is 6.20 Å². The van der Waals surface area contributed by atoms with Crippen LogP contribution in [0.2, 0.25) is 0 Å². The van der Waals surface area contributed by atoms with E-state index in [9.17, 15) is 0 Å². The summed E-state index contributed by atoms with van der Waals surface area (Å²) in [7, 11) is 0. The number of hydrogen-bond donors (Lipinski definition) is 1. The van der Waals surface area contributed by atoms with Crippen molar-refractivity contribution in [2.75, 3.05) is 6.61 Å². The maximum Gasteiger partial charge on any atom is 0.0686 e. The summed E-state index contributed by atoms with van der Waals surface area (Å²) >= 11 is 1.42. The Bertz CT molecular complexity index is 350. The minimum atomic E-state index is 0.0985. The third-order valence-electron chi connectivity index (χ3n) is 4.01. The van der Waals surface area contributed by atoms with Crippen LogP contribution in [-0.4, -0.2) is 21.8 Å². The zero-order chi connectivity index (χ0) is 11.0. The van der Waals surface area contributed by atoms with E-state index in [0.717, 1.165) is 24.3 Å². The van der Waals surface area contributed by atoms with Gasteiger partial charge < -0.3 is 10.5 Å². The molecule has 16 heavy (non-hydrogen) atoms. The highest BCUT2D eigenvalue weighted by Crippen LogP contribution is 2.46. The van der Waals surface area contributed by atoms with E-state index in [4.69, 9.17) is 10.5 Å². The molecule has 1 saturated heterocycles. The number of nitrogens with two attached hydrogens (primary N) is 1. The van der Waals surface area contributed by atoms with E-state index >= 15 is 0 Å². The summed E-state index contributed by atoms with van der Waals surface area (Å²) < 4.78 is 9.80. The van der Waals surface area contributed by atoms with Gasteiger partial charge in [-0.05, 0) is 49.6 Å². The average molecular weight is 239 g/mol. The quantitative estimate of drug-likeness (QED) is 0.856. The van der Waals surface area contributed by atoms with Crippen molar-refractivity contribution in [1.29, 1.82) is 0 Å². The molecule has 88 valence electrons. The maximum absolute atomic E-state index is 6.29. The van der Waals surface area contributed by atoms with Gasteiger partial charge in [-0.3, -0.25) is 0 Å². The number of aromatic nitrogens is 2. The summed E-state index contributed by atoms with van der Waals surface area (Å²) in [5, 5.41) is 3.87. The molecule has 2 aliphatic rings. The van der Waals surface area contributed by atoms with E-state index < -0.39 is 0 Å². The Morgan fingerprint density at radius 3 is 3.06 bits per heavy atom. The van der Waals surface area contributed by atoms with E-state index in [0.29, 0.717) is 5.92 Å². The molecule has 2 N–H and O–H groups in total. The highest BCUT2D eigenvalue weighted by Gasteiger charge is 2.44. The lowest BCUT2D eigenvalue weighted by atomic mass is 9.70. The Hall–Kier alpha value is -0.520. The van der Waals surface area contributed by atoms with E-state index in [1.54, 1.807) is 6.20 Å². The lowest BCUT2D eigenvalue weighted by molar-refractivity contribution is -0.146. The molecule has 3 rings (SSSR count). The standard InChI is InChI=1S/C11H17N3OS/c12-10(9-7-13-14-16-9)8-2-5-15-11(6-8)3-1-4-11/h7-8,10H,1-6,12H2. The lowest BCUT2D eigenvalue weighted by Crippen LogP contribution is -2.47. The smallest absolute Gasteiger partial charge is 0.0686 e. The molecule has 0 radical (unpaired) electrons. The molecule has 0 amide bonds. The number of hydrogen-bond acceptors (Lipinski definition) is 5. The molecule has 1 aromatic heterocycles. The molecular weight excluding hydrogens is 222 g/mol. The van der Waals surface area contributed by atoms with E-state index in [-0.39, 0.29) is 11.6 Å². The van der Waals surface area contributed by atoms with Crippen LogP contribution in [0.3, 0.4) is 0 Å². The summed E-state index contributed by atoms with van der Waals surface area (Å²) in [6, 6.07) is 0.0985. The number of rotatable bonds is 2. The molecule has 2 heterocycles. The van der Waals surface area contributed by atoms with Crippen molar-refractivity contribution in [3.05, 3.63) is 11.1 Å². The van der Waals surface area contributed by atoms with Gasteiger partial charge in [-0.15, -0.1) is 5.10 Å². The SMILES string of the molecule is NC(c1cnns1)C1CCOC2(CCC2)C1. The van der Waals surface area contributed by atoms with Crippen LogP contribution < -0.4 is 5.73 Å². The minimum absolute atomic E-state index is 0.0985. The predicted molar refractivity (Wildman–Crippen MR) is 62.1 cm³/mol. The van der Waals surface area contributed by atoms with Gasteiger partial charge in [0.2, 0.25) is 0 Å². The molecule has 1 aromatic rings. The van der Waals surface area contributed by atoms with Crippen molar-refractivity contribution >= 4 is 11.5 Å². The molecule has 1 aliphatic carbocycles. The van der Waals surface area contributed by atoms with Crippen molar-refractivity contribution in [1.82, 2.24) is 9.59 Å². The van der Waals surface area contributed by atoms with Crippen molar-refractivity contribution < 1.29 is 4.74 Å². The summed E-state index contributed by atoms with van der Waals surface area (Å²) in [5.74, 6) is 0.538. The Labute approximate surface area is 99.3 Å². The number of ether oxygens (including phenoxy) is 1. The molecule has 2 unspecified atom stereocenters. The average Bonchev–Trinajstić information content (AvgIpc) is 2.79. The summed E-state index contributed by atoms with van der Waals surface area (Å²) in [4.78, 5) is 1.11. The second-order valence-corrected chi connectivity index (χ2v) is 5.80. The van der Waals surface area contributed by atoms with Crippen LogP contribution >= 0.6 is 11.5 Å². The Balaban J connectivity index is 1.70. The normalized spacial score (nSPS) is 29.9. The molecule has 0 aromatic carbocycles.